The fourth-order valence-electron chi connectivity index (χ4n) is 1.52. The van der Waals surface area contributed by atoms with Crippen LogP contribution in [-0.4, -0.2) is 11.1 Å². The average Bonchev–Trinajstić information content (AvgIpc) is 2.41. The van der Waals surface area contributed by atoms with Gasteiger partial charge in [0.1, 0.15) is 0 Å². The Kier molecular flexibility index (Phi) is 3.85. The summed E-state index contributed by atoms with van der Waals surface area (Å²) in [5.74, 6) is -5.56. The maximum absolute atomic E-state index is 13.5. The molecule has 0 fully saturated rings. The zero-order valence-electron chi connectivity index (χ0n) is 9.75. The topological polar surface area (TPSA) is 49.3 Å². The van der Waals surface area contributed by atoms with Gasteiger partial charge < -0.3 is 10.4 Å². The second kappa shape index (κ2) is 5.42. The van der Waals surface area contributed by atoms with E-state index in [1.807, 2.05) is 0 Å². The molecule has 3 nitrogen and oxygen atoms in total. The van der Waals surface area contributed by atoms with Gasteiger partial charge in [0.05, 0.1) is 22.0 Å². The second-order valence-corrected chi connectivity index (χ2v) is 4.25. The van der Waals surface area contributed by atoms with E-state index < -0.39 is 23.4 Å². The Balaban J connectivity index is 2.42. The molecule has 2 rings (SSSR count). The van der Waals surface area contributed by atoms with Crippen molar-refractivity contribution in [3.8, 4) is 0 Å². The van der Waals surface area contributed by atoms with Crippen LogP contribution < -0.4 is 5.32 Å². The molecular formula is C13H7ClF3NO2. The molecule has 0 spiro atoms. The molecule has 2 aromatic carbocycles. The second-order valence-electron chi connectivity index (χ2n) is 3.85. The Hall–Kier alpha value is -2.21. The van der Waals surface area contributed by atoms with Crippen LogP contribution in [0.2, 0.25) is 5.02 Å². The predicted molar refractivity (Wildman–Crippen MR) is 68.0 cm³/mol. The molecule has 20 heavy (non-hydrogen) atoms. The molecule has 0 bridgehead atoms. The van der Waals surface area contributed by atoms with E-state index in [1.54, 1.807) is 0 Å². The van der Waals surface area contributed by atoms with Gasteiger partial charge in [0.25, 0.3) is 0 Å². The summed E-state index contributed by atoms with van der Waals surface area (Å²) in [6.45, 7) is 0. The molecular weight excluding hydrogens is 295 g/mol. The lowest BCUT2D eigenvalue weighted by Crippen LogP contribution is -2.01. The number of carboxylic acids is 1. The summed E-state index contributed by atoms with van der Waals surface area (Å²) >= 11 is 5.83. The lowest BCUT2D eigenvalue weighted by Gasteiger charge is -2.10. The van der Waals surface area contributed by atoms with Gasteiger partial charge in [-0.2, -0.15) is 0 Å². The van der Waals surface area contributed by atoms with Crippen LogP contribution in [0.5, 0.6) is 0 Å². The van der Waals surface area contributed by atoms with E-state index in [0.29, 0.717) is 0 Å². The summed E-state index contributed by atoms with van der Waals surface area (Å²) in [7, 11) is 0. The van der Waals surface area contributed by atoms with Crippen molar-refractivity contribution in [3.05, 3.63) is 58.4 Å². The molecule has 0 saturated carbocycles. The van der Waals surface area contributed by atoms with E-state index in [0.717, 1.165) is 18.2 Å². The van der Waals surface area contributed by atoms with Crippen LogP contribution in [-0.2, 0) is 0 Å². The number of carboxylic acid groups (broad SMARTS) is 1. The van der Waals surface area contributed by atoms with Gasteiger partial charge in [0.15, 0.2) is 17.5 Å². The molecule has 2 aromatic rings. The van der Waals surface area contributed by atoms with E-state index in [1.165, 1.54) is 12.1 Å². The summed E-state index contributed by atoms with van der Waals surface area (Å²) in [6.07, 6.45) is 0. The van der Waals surface area contributed by atoms with Crippen molar-refractivity contribution in [1.82, 2.24) is 0 Å². The number of halogens is 4. The molecule has 0 heterocycles. The summed E-state index contributed by atoms with van der Waals surface area (Å²) in [5, 5.41) is 11.4. The third-order valence-electron chi connectivity index (χ3n) is 2.52. The number of nitrogens with one attached hydrogen (secondary N) is 1. The molecule has 0 radical (unpaired) electrons. The van der Waals surface area contributed by atoms with Crippen molar-refractivity contribution >= 4 is 28.9 Å². The van der Waals surface area contributed by atoms with E-state index >= 15 is 0 Å². The smallest absolute Gasteiger partial charge is 0.335 e. The Labute approximate surface area is 116 Å². The van der Waals surface area contributed by atoms with Gasteiger partial charge in [-0.05, 0) is 30.3 Å². The fraction of sp³-hybridized carbons (Fsp3) is 0. The molecule has 0 aliphatic heterocycles. The first-order valence-electron chi connectivity index (χ1n) is 5.33. The molecule has 0 aromatic heterocycles. The minimum atomic E-state index is -1.62. The zero-order chi connectivity index (χ0) is 14.9. The van der Waals surface area contributed by atoms with Gasteiger partial charge >= 0.3 is 5.97 Å². The van der Waals surface area contributed by atoms with E-state index in [2.05, 4.69) is 5.32 Å². The summed E-state index contributed by atoms with van der Waals surface area (Å²) < 4.78 is 39.4. The maximum Gasteiger partial charge on any atom is 0.335 e. The minimum absolute atomic E-state index is 0.0662. The third-order valence-corrected chi connectivity index (χ3v) is 2.85. The standard InChI is InChI=1S/C13H7ClF3NO2/c14-7-2-1-6(13(19)20)5-10(7)18-9-4-3-8(15)11(16)12(9)17/h1-5,18H,(H,19,20). The fourth-order valence-corrected chi connectivity index (χ4v) is 1.69. The predicted octanol–water partition coefficient (Wildman–Crippen LogP) is 4.20. The van der Waals surface area contributed by atoms with Crippen LogP contribution in [0, 0.1) is 17.5 Å². The Morgan fingerprint density at radius 2 is 1.75 bits per heavy atom. The maximum atomic E-state index is 13.5. The van der Waals surface area contributed by atoms with Crippen LogP contribution in [0.1, 0.15) is 10.4 Å². The molecule has 0 saturated heterocycles. The van der Waals surface area contributed by atoms with Gasteiger partial charge in [-0.1, -0.05) is 11.6 Å². The van der Waals surface area contributed by atoms with Crippen LogP contribution in [0.3, 0.4) is 0 Å². The Morgan fingerprint density at radius 3 is 2.40 bits per heavy atom. The lowest BCUT2D eigenvalue weighted by molar-refractivity contribution is 0.0697. The van der Waals surface area contributed by atoms with Crippen molar-refractivity contribution in [2.45, 2.75) is 0 Å². The SMILES string of the molecule is O=C(O)c1ccc(Cl)c(Nc2ccc(F)c(F)c2F)c1. The molecule has 0 atom stereocenters. The quantitative estimate of drug-likeness (QED) is 0.835. The molecule has 0 aliphatic rings. The summed E-state index contributed by atoms with van der Waals surface area (Å²) in [5.41, 5.74) is -0.371. The number of rotatable bonds is 3. The van der Waals surface area contributed by atoms with Crippen LogP contribution in [0.15, 0.2) is 30.3 Å². The van der Waals surface area contributed by atoms with Crippen molar-refractivity contribution in [3.63, 3.8) is 0 Å². The number of hydrogen-bond donors (Lipinski definition) is 2. The minimum Gasteiger partial charge on any atom is -0.478 e. The number of benzene rings is 2. The number of anilines is 2. The summed E-state index contributed by atoms with van der Waals surface area (Å²) in [6, 6.07) is 5.45. The number of hydrogen-bond acceptors (Lipinski definition) is 2. The van der Waals surface area contributed by atoms with Crippen LogP contribution in [0.25, 0.3) is 0 Å². The lowest BCUT2D eigenvalue weighted by atomic mass is 10.2. The van der Waals surface area contributed by atoms with Crippen molar-refractivity contribution in [1.29, 1.82) is 0 Å². The highest BCUT2D eigenvalue weighted by Gasteiger charge is 2.15. The highest BCUT2D eigenvalue weighted by atomic mass is 35.5. The van der Waals surface area contributed by atoms with Crippen molar-refractivity contribution in [2.24, 2.45) is 0 Å². The highest BCUT2D eigenvalue weighted by molar-refractivity contribution is 6.33. The largest absolute Gasteiger partial charge is 0.478 e. The van der Waals surface area contributed by atoms with Crippen molar-refractivity contribution in [2.75, 3.05) is 5.32 Å². The normalized spacial score (nSPS) is 10.4. The third kappa shape index (κ3) is 2.70. The van der Waals surface area contributed by atoms with Crippen LogP contribution >= 0.6 is 11.6 Å². The molecule has 104 valence electrons. The van der Waals surface area contributed by atoms with Crippen LogP contribution in [0.4, 0.5) is 24.5 Å². The molecule has 2 N–H and O–H groups in total. The van der Waals surface area contributed by atoms with Gasteiger partial charge in [0.2, 0.25) is 0 Å². The monoisotopic (exact) mass is 301 g/mol. The molecule has 0 amide bonds. The highest BCUT2D eigenvalue weighted by Crippen LogP contribution is 2.29. The zero-order valence-corrected chi connectivity index (χ0v) is 10.5. The molecule has 0 unspecified atom stereocenters. The Bertz CT molecular complexity index is 692. The molecule has 0 aliphatic carbocycles. The molecule has 7 heteroatoms. The van der Waals surface area contributed by atoms with Gasteiger partial charge in [-0.15, -0.1) is 0 Å². The van der Waals surface area contributed by atoms with E-state index in [4.69, 9.17) is 16.7 Å². The Morgan fingerprint density at radius 1 is 1.05 bits per heavy atom. The van der Waals surface area contributed by atoms with E-state index in [9.17, 15) is 18.0 Å². The number of carbonyl (C=O) groups is 1. The summed E-state index contributed by atoms with van der Waals surface area (Å²) in [4.78, 5) is 10.8. The van der Waals surface area contributed by atoms with Gasteiger partial charge in [-0.25, -0.2) is 18.0 Å². The average molecular weight is 302 g/mol. The van der Waals surface area contributed by atoms with E-state index in [-0.39, 0.29) is 22.0 Å². The first-order chi connectivity index (χ1) is 9.40. The number of aromatic carboxylic acids is 1. The first-order valence-corrected chi connectivity index (χ1v) is 5.71. The van der Waals surface area contributed by atoms with Crippen molar-refractivity contribution < 1.29 is 23.1 Å². The first kappa shape index (κ1) is 14.2. The van der Waals surface area contributed by atoms with Gasteiger partial charge in [0, 0.05) is 0 Å². The van der Waals surface area contributed by atoms with Gasteiger partial charge in [-0.3, -0.25) is 0 Å².